The molecular formula is C10H9Cl3O2. The van der Waals surface area contributed by atoms with Crippen LogP contribution in [0.1, 0.15) is 5.56 Å². The third kappa shape index (κ3) is 2.94. The summed E-state index contributed by atoms with van der Waals surface area (Å²) in [7, 11) is 3.10. The molecule has 0 bridgehead atoms. The molecule has 1 rings (SSSR count). The van der Waals surface area contributed by atoms with Crippen molar-refractivity contribution in [2.75, 3.05) is 14.2 Å². The summed E-state index contributed by atoms with van der Waals surface area (Å²) in [6.45, 7) is 0. The van der Waals surface area contributed by atoms with Gasteiger partial charge in [-0.2, -0.15) is 0 Å². The minimum absolute atomic E-state index is 0.0175. The second-order valence-electron chi connectivity index (χ2n) is 2.64. The van der Waals surface area contributed by atoms with Gasteiger partial charge in [0.05, 0.1) is 19.3 Å². The average molecular weight is 268 g/mol. The van der Waals surface area contributed by atoms with E-state index in [1.807, 2.05) is 0 Å². The van der Waals surface area contributed by atoms with Gasteiger partial charge in [-0.25, -0.2) is 0 Å². The van der Waals surface area contributed by atoms with Gasteiger partial charge in [-0.15, -0.1) is 0 Å². The number of benzene rings is 1. The molecule has 0 saturated heterocycles. The van der Waals surface area contributed by atoms with Crippen molar-refractivity contribution in [1.29, 1.82) is 0 Å². The quantitative estimate of drug-likeness (QED) is 0.822. The highest BCUT2D eigenvalue weighted by Crippen LogP contribution is 2.34. The van der Waals surface area contributed by atoms with Gasteiger partial charge in [0.25, 0.3) is 0 Å². The van der Waals surface area contributed by atoms with Crippen molar-refractivity contribution in [3.8, 4) is 11.5 Å². The second kappa shape index (κ2) is 5.50. The van der Waals surface area contributed by atoms with Crippen LogP contribution in [0.4, 0.5) is 0 Å². The van der Waals surface area contributed by atoms with E-state index < -0.39 is 0 Å². The van der Waals surface area contributed by atoms with E-state index >= 15 is 0 Å². The maximum atomic E-state index is 5.88. The molecule has 0 aromatic heterocycles. The summed E-state index contributed by atoms with van der Waals surface area (Å²) >= 11 is 17.0. The minimum Gasteiger partial charge on any atom is -0.493 e. The summed E-state index contributed by atoms with van der Waals surface area (Å²) in [6.07, 6.45) is 0. The number of methoxy groups -OCH3 is 2. The molecule has 0 aliphatic carbocycles. The van der Waals surface area contributed by atoms with E-state index in [9.17, 15) is 0 Å². The molecule has 0 fully saturated rings. The molecule has 0 radical (unpaired) electrons. The fraction of sp³-hybridized carbons (Fsp3) is 0.200. The maximum absolute atomic E-state index is 5.88. The summed E-state index contributed by atoms with van der Waals surface area (Å²) < 4.78 is 10.2. The lowest BCUT2D eigenvalue weighted by molar-refractivity contribution is 0.355. The van der Waals surface area contributed by atoms with E-state index in [0.29, 0.717) is 17.1 Å². The molecule has 0 saturated carbocycles. The van der Waals surface area contributed by atoms with Gasteiger partial charge >= 0.3 is 0 Å². The first-order chi connectivity index (χ1) is 7.10. The predicted octanol–water partition coefficient (Wildman–Crippen LogP) is 4.05. The third-order valence-electron chi connectivity index (χ3n) is 1.80. The molecule has 1 aromatic rings. The lowest BCUT2D eigenvalue weighted by Crippen LogP contribution is -1.91. The molecule has 0 amide bonds. The Morgan fingerprint density at radius 1 is 1.00 bits per heavy atom. The Labute approximate surface area is 103 Å². The molecule has 0 aliphatic rings. The Bertz CT molecular complexity index is 384. The summed E-state index contributed by atoms with van der Waals surface area (Å²) in [5, 5.41) is 0.277. The highest BCUT2D eigenvalue weighted by molar-refractivity contribution is 6.66. The van der Waals surface area contributed by atoms with Gasteiger partial charge in [0, 0.05) is 0 Å². The van der Waals surface area contributed by atoms with Crippen molar-refractivity contribution in [1.82, 2.24) is 0 Å². The van der Waals surface area contributed by atoms with Gasteiger partial charge in [-0.1, -0.05) is 34.8 Å². The molecule has 82 valence electrons. The monoisotopic (exact) mass is 266 g/mol. The van der Waals surface area contributed by atoms with Crippen molar-refractivity contribution in [2.24, 2.45) is 0 Å². The summed E-state index contributed by atoms with van der Waals surface area (Å²) in [6, 6.07) is 5.17. The van der Waals surface area contributed by atoms with Crippen LogP contribution in [0, 0.1) is 0 Å². The highest BCUT2D eigenvalue weighted by atomic mass is 35.5. The summed E-state index contributed by atoms with van der Waals surface area (Å²) in [5.74, 6) is 1.19. The molecule has 0 heterocycles. The summed E-state index contributed by atoms with van der Waals surface area (Å²) in [5.41, 5.74) is 0.675. The third-order valence-corrected chi connectivity index (χ3v) is 2.78. The van der Waals surface area contributed by atoms with Gasteiger partial charge in [-0.05, 0) is 23.8 Å². The van der Waals surface area contributed by atoms with Crippen LogP contribution in [-0.2, 0) is 0 Å². The molecular weight excluding hydrogens is 258 g/mol. The first kappa shape index (κ1) is 12.5. The molecule has 0 unspecified atom stereocenters. The van der Waals surface area contributed by atoms with Crippen molar-refractivity contribution < 1.29 is 9.47 Å². The first-order valence-corrected chi connectivity index (χ1v) is 5.16. The molecule has 2 nitrogen and oxygen atoms in total. The van der Waals surface area contributed by atoms with E-state index in [1.54, 1.807) is 32.4 Å². The van der Waals surface area contributed by atoms with Gasteiger partial charge in [-0.3, -0.25) is 0 Å². The fourth-order valence-corrected chi connectivity index (χ4v) is 1.42. The van der Waals surface area contributed by atoms with E-state index in [1.165, 1.54) is 0 Å². The lowest BCUT2D eigenvalue weighted by Gasteiger charge is -2.08. The number of ether oxygens (including phenoxy) is 2. The van der Waals surface area contributed by atoms with Crippen molar-refractivity contribution >= 4 is 39.8 Å². The first-order valence-electron chi connectivity index (χ1n) is 4.03. The molecule has 0 N–H and O–H groups in total. The molecule has 1 aromatic carbocycles. The molecule has 0 aliphatic heterocycles. The Balaban J connectivity index is 3.20. The van der Waals surface area contributed by atoms with E-state index in [-0.39, 0.29) is 9.52 Å². The van der Waals surface area contributed by atoms with Crippen LogP contribution in [0.25, 0.3) is 5.03 Å². The van der Waals surface area contributed by atoms with Crippen LogP contribution in [0.2, 0.25) is 0 Å². The van der Waals surface area contributed by atoms with Gasteiger partial charge in [0.2, 0.25) is 0 Å². The molecule has 5 heteroatoms. The van der Waals surface area contributed by atoms with Crippen LogP contribution in [0.15, 0.2) is 22.7 Å². The largest absolute Gasteiger partial charge is 0.493 e. The zero-order valence-electron chi connectivity index (χ0n) is 8.18. The number of hydrogen-bond acceptors (Lipinski definition) is 2. The predicted molar refractivity (Wildman–Crippen MR) is 64.0 cm³/mol. The van der Waals surface area contributed by atoms with Crippen LogP contribution in [-0.4, -0.2) is 14.2 Å². The number of halogens is 3. The highest BCUT2D eigenvalue weighted by Gasteiger charge is 2.08. The second-order valence-corrected chi connectivity index (χ2v) is 3.97. The van der Waals surface area contributed by atoms with Crippen LogP contribution in [0.3, 0.4) is 0 Å². The molecule has 15 heavy (non-hydrogen) atoms. The van der Waals surface area contributed by atoms with Crippen LogP contribution >= 0.6 is 34.8 Å². The Morgan fingerprint density at radius 2 is 1.60 bits per heavy atom. The van der Waals surface area contributed by atoms with Gasteiger partial charge < -0.3 is 9.47 Å². The SMILES string of the molecule is COc1ccc(C(Cl)=C(Cl)Cl)cc1OC. The van der Waals surface area contributed by atoms with Crippen LogP contribution in [0.5, 0.6) is 11.5 Å². The van der Waals surface area contributed by atoms with Crippen molar-refractivity contribution in [3.63, 3.8) is 0 Å². The minimum atomic E-state index is 0.0175. The summed E-state index contributed by atoms with van der Waals surface area (Å²) in [4.78, 5) is 0. The Morgan fingerprint density at radius 3 is 2.07 bits per heavy atom. The number of hydrogen-bond donors (Lipinski definition) is 0. The number of rotatable bonds is 3. The normalized spacial score (nSPS) is 9.67. The van der Waals surface area contributed by atoms with E-state index in [2.05, 4.69) is 0 Å². The van der Waals surface area contributed by atoms with E-state index in [0.717, 1.165) is 0 Å². The smallest absolute Gasteiger partial charge is 0.161 e. The van der Waals surface area contributed by atoms with Gasteiger partial charge in [0.15, 0.2) is 11.5 Å². The lowest BCUT2D eigenvalue weighted by atomic mass is 10.2. The Hall–Kier alpha value is -0.570. The zero-order valence-corrected chi connectivity index (χ0v) is 10.5. The zero-order chi connectivity index (χ0) is 11.4. The fourth-order valence-electron chi connectivity index (χ4n) is 1.08. The topological polar surface area (TPSA) is 18.5 Å². The van der Waals surface area contributed by atoms with Crippen LogP contribution < -0.4 is 9.47 Å². The van der Waals surface area contributed by atoms with Crippen molar-refractivity contribution in [2.45, 2.75) is 0 Å². The molecule has 0 atom stereocenters. The van der Waals surface area contributed by atoms with E-state index in [4.69, 9.17) is 44.3 Å². The van der Waals surface area contributed by atoms with Crippen molar-refractivity contribution in [3.05, 3.63) is 28.3 Å². The average Bonchev–Trinajstić information content (AvgIpc) is 2.26. The molecule has 0 spiro atoms. The standard InChI is InChI=1S/C10H9Cl3O2/c1-14-7-4-3-6(5-8(7)15-2)9(11)10(12)13/h3-5H,1-2H3. The Kier molecular flexibility index (Phi) is 4.58. The van der Waals surface area contributed by atoms with Gasteiger partial charge in [0.1, 0.15) is 4.49 Å². The maximum Gasteiger partial charge on any atom is 0.161 e.